The van der Waals surface area contributed by atoms with Gasteiger partial charge in [0, 0.05) is 24.5 Å². The quantitative estimate of drug-likeness (QED) is 0.765. The van der Waals surface area contributed by atoms with E-state index in [1.807, 2.05) is 26.0 Å². The maximum Gasteiger partial charge on any atom is 0.407 e. The van der Waals surface area contributed by atoms with Crippen LogP contribution in [0.1, 0.15) is 44.2 Å². The molecule has 0 saturated carbocycles. The standard InChI is InChI=1S/C26H31NO5/c1-16-22(12-13-29-24(16)23-15-31-26(2,3)32-23)27-25(28)30-14-21-19-10-6-4-8-17(19)18-9-5-7-11-20(18)21/h4-11,16,21-24H,12-15H2,1-3H3,(H,27,28)/t16-,22+,23-,24-/m1/s1. The Bertz CT molecular complexity index is 944. The van der Waals surface area contributed by atoms with Crippen molar-refractivity contribution >= 4 is 6.09 Å². The second-order valence-corrected chi connectivity index (χ2v) is 9.43. The molecule has 2 fully saturated rings. The molecule has 1 N–H and O–H groups in total. The van der Waals surface area contributed by atoms with E-state index in [4.69, 9.17) is 18.9 Å². The summed E-state index contributed by atoms with van der Waals surface area (Å²) in [6, 6.07) is 16.7. The predicted molar refractivity (Wildman–Crippen MR) is 120 cm³/mol. The van der Waals surface area contributed by atoms with E-state index in [0.29, 0.717) is 19.8 Å². The summed E-state index contributed by atoms with van der Waals surface area (Å²) in [5.41, 5.74) is 4.86. The number of benzene rings is 2. The van der Waals surface area contributed by atoms with Gasteiger partial charge in [-0.25, -0.2) is 4.79 Å². The first-order chi connectivity index (χ1) is 15.4. The van der Waals surface area contributed by atoms with Crippen LogP contribution in [0.15, 0.2) is 48.5 Å². The highest BCUT2D eigenvalue weighted by atomic mass is 16.7. The number of nitrogens with one attached hydrogen (secondary N) is 1. The second-order valence-electron chi connectivity index (χ2n) is 9.43. The Morgan fingerprint density at radius 2 is 1.75 bits per heavy atom. The minimum atomic E-state index is -0.596. The van der Waals surface area contributed by atoms with E-state index in [1.165, 1.54) is 22.3 Å². The van der Waals surface area contributed by atoms with E-state index in [0.717, 1.165) is 6.42 Å². The fraction of sp³-hybridized carbons (Fsp3) is 0.500. The first-order valence-corrected chi connectivity index (χ1v) is 11.5. The average molecular weight is 438 g/mol. The molecule has 1 amide bonds. The van der Waals surface area contributed by atoms with Gasteiger partial charge >= 0.3 is 6.09 Å². The zero-order valence-corrected chi connectivity index (χ0v) is 18.9. The maximum absolute atomic E-state index is 12.7. The Hall–Kier alpha value is -2.41. The summed E-state index contributed by atoms with van der Waals surface area (Å²) >= 11 is 0. The van der Waals surface area contributed by atoms with E-state index in [9.17, 15) is 4.79 Å². The molecule has 170 valence electrons. The third-order valence-electron chi connectivity index (χ3n) is 6.94. The largest absolute Gasteiger partial charge is 0.449 e. The van der Waals surface area contributed by atoms with Crippen LogP contribution < -0.4 is 5.32 Å². The number of rotatable bonds is 4. The van der Waals surface area contributed by atoms with Gasteiger partial charge in [0.2, 0.25) is 0 Å². The van der Waals surface area contributed by atoms with E-state index < -0.39 is 5.79 Å². The highest BCUT2D eigenvalue weighted by molar-refractivity contribution is 5.79. The van der Waals surface area contributed by atoms with Crippen molar-refractivity contribution in [2.24, 2.45) is 5.92 Å². The van der Waals surface area contributed by atoms with Crippen molar-refractivity contribution in [3.63, 3.8) is 0 Å². The van der Waals surface area contributed by atoms with Gasteiger partial charge < -0.3 is 24.3 Å². The van der Waals surface area contributed by atoms with Gasteiger partial charge in [0.25, 0.3) is 0 Å². The Kier molecular flexibility index (Phi) is 5.70. The van der Waals surface area contributed by atoms with Crippen LogP contribution in [0.25, 0.3) is 11.1 Å². The van der Waals surface area contributed by atoms with Crippen LogP contribution in [0, 0.1) is 5.92 Å². The van der Waals surface area contributed by atoms with Gasteiger partial charge in [0.15, 0.2) is 5.79 Å². The molecule has 1 aliphatic carbocycles. The normalized spacial score (nSPS) is 28.7. The van der Waals surface area contributed by atoms with E-state index >= 15 is 0 Å². The fourth-order valence-corrected chi connectivity index (χ4v) is 5.29. The summed E-state index contributed by atoms with van der Waals surface area (Å²) in [5.74, 6) is -0.452. The van der Waals surface area contributed by atoms with Crippen molar-refractivity contribution in [2.75, 3.05) is 19.8 Å². The molecule has 0 radical (unpaired) electrons. The number of amides is 1. The van der Waals surface area contributed by atoms with Crippen LogP contribution in [0.3, 0.4) is 0 Å². The number of ether oxygens (including phenoxy) is 4. The lowest BCUT2D eigenvalue weighted by molar-refractivity contribution is -0.170. The van der Waals surface area contributed by atoms with Gasteiger partial charge in [0.05, 0.1) is 12.7 Å². The lowest BCUT2D eigenvalue weighted by Crippen LogP contribution is -2.52. The van der Waals surface area contributed by atoms with Crippen molar-refractivity contribution in [1.29, 1.82) is 0 Å². The molecule has 0 aromatic heterocycles. The lowest BCUT2D eigenvalue weighted by Gasteiger charge is -2.38. The summed E-state index contributed by atoms with van der Waals surface area (Å²) < 4.78 is 23.5. The van der Waals surface area contributed by atoms with Crippen LogP contribution in [0.4, 0.5) is 4.79 Å². The molecular formula is C26H31NO5. The number of carbonyl (C=O) groups excluding carboxylic acids is 1. The Labute approximate surface area is 189 Å². The minimum Gasteiger partial charge on any atom is -0.449 e. The van der Waals surface area contributed by atoms with Gasteiger partial charge in [-0.15, -0.1) is 0 Å². The van der Waals surface area contributed by atoms with Gasteiger partial charge in [0.1, 0.15) is 12.7 Å². The summed E-state index contributed by atoms with van der Waals surface area (Å²) in [7, 11) is 0. The zero-order chi connectivity index (χ0) is 22.3. The van der Waals surface area contributed by atoms with Crippen LogP contribution in [-0.4, -0.2) is 50.0 Å². The van der Waals surface area contributed by atoms with Gasteiger partial charge in [-0.1, -0.05) is 55.5 Å². The molecule has 0 spiro atoms. The number of hydrogen-bond acceptors (Lipinski definition) is 5. The van der Waals surface area contributed by atoms with Crippen molar-refractivity contribution in [1.82, 2.24) is 5.32 Å². The third-order valence-corrected chi connectivity index (χ3v) is 6.94. The van der Waals surface area contributed by atoms with Crippen molar-refractivity contribution in [2.45, 2.75) is 57.1 Å². The Balaban J connectivity index is 1.21. The zero-order valence-electron chi connectivity index (χ0n) is 18.9. The molecule has 2 saturated heterocycles. The monoisotopic (exact) mass is 437 g/mol. The van der Waals surface area contributed by atoms with Crippen LogP contribution in [-0.2, 0) is 18.9 Å². The number of hydrogen-bond donors (Lipinski definition) is 1. The van der Waals surface area contributed by atoms with Crippen molar-refractivity contribution in [3.05, 3.63) is 59.7 Å². The van der Waals surface area contributed by atoms with E-state index in [1.54, 1.807) is 0 Å². The van der Waals surface area contributed by atoms with Gasteiger partial charge in [-0.3, -0.25) is 0 Å². The minimum absolute atomic E-state index is 0.0308. The topological polar surface area (TPSA) is 66.0 Å². The van der Waals surface area contributed by atoms with Crippen LogP contribution in [0.5, 0.6) is 0 Å². The SMILES string of the molecule is C[C@H]1[C@H]([C@H]2COC(C)(C)O2)OCC[C@@H]1NC(=O)OCC1c2ccccc2-c2ccccc21. The summed E-state index contributed by atoms with van der Waals surface area (Å²) in [5, 5.41) is 3.08. The maximum atomic E-state index is 12.7. The molecule has 4 atom stereocenters. The van der Waals surface area contributed by atoms with E-state index in [-0.39, 0.29) is 36.2 Å². The molecule has 2 heterocycles. The molecule has 32 heavy (non-hydrogen) atoms. The predicted octanol–water partition coefficient (Wildman–Crippen LogP) is 4.47. The Morgan fingerprint density at radius 3 is 2.38 bits per heavy atom. The molecule has 5 rings (SSSR count). The molecule has 2 aromatic carbocycles. The summed E-state index contributed by atoms with van der Waals surface area (Å²) in [6.07, 6.45) is 0.114. The van der Waals surface area contributed by atoms with Gasteiger partial charge in [-0.05, 0) is 42.5 Å². The Morgan fingerprint density at radius 1 is 1.09 bits per heavy atom. The molecule has 0 unspecified atom stereocenters. The average Bonchev–Trinajstić information content (AvgIpc) is 3.31. The highest BCUT2D eigenvalue weighted by Gasteiger charge is 2.44. The van der Waals surface area contributed by atoms with Crippen LogP contribution in [0.2, 0.25) is 0 Å². The molecule has 0 bridgehead atoms. The highest BCUT2D eigenvalue weighted by Crippen LogP contribution is 2.44. The van der Waals surface area contributed by atoms with Crippen molar-refractivity contribution < 1.29 is 23.7 Å². The fourth-order valence-electron chi connectivity index (χ4n) is 5.29. The summed E-state index contributed by atoms with van der Waals surface area (Å²) in [6.45, 7) is 7.30. The molecule has 6 nitrogen and oxygen atoms in total. The third kappa shape index (κ3) is 4.03. The molecule has 2 aromatic rings. The van der Waals surface area contributed by atoms with Crippen LogP contribution >= 0.6 is 0 Å². The molecule has 6 heteroatoms. The summed E-state index contributed by atoms with van der Waals surface area (Å²) in [4.78, 5) is 12.7. The second kappa shape index (κ2) is 8.50. The molecule has 2 aliphatic heterocycles. The van der Waals surface area contributed by atoms with Gasteiger partial charge in [-0.2, -0.15) is 0 Å². The number of carbonyl (C=O) groups is 1. The van der Waals surface area contributed by atoms with E-state index in [2.05, 4.69) is 48.6 Å². The molecular weight excluding hydrogens is 406 g/mol. The number of alkyl carbamates (subject to hydrolysis) is 1. The molecule has 3 aliphatic rings. The van der Waals surface area contributed by atoms with Crippen molar-refractivity contribution in [3.8, 4) is 11.1 Å². The first kappa shape index (κ1) is 21.4. The smallest absolute Gasteiger partial charge is 0.407 e. The first-order valence-electron chi connectivity index (χ1n) is 11.5. The lowest BCUT2D eigenvalue weighted by atomic mass is 9.88. The number of fused-ring (bicyclic) bond motifs is 3.